The van der Waals surface area contributed by atoms with E-state index in [0.717, 1.165) is 25.1 Å². The van der Waals surface area contributed by atoms with Crippen LogP contribution in [0, 0.1) is 0 Å². The summed E-state index contributed by atoms with van der Waals surface area (Å²) < 4.78 is 2.70. The Morgan fingerprint density at radius 1 is 1.11 bits per heavy atom. The summed E-state index contributed by atoms with van der Waals surface area (Å²) in [6, 6.07) is 9.88. The smallest absolute Gasteiger partial charge is 0.293 e. The number of piperazine rings is 1. The third kappa shape index (κ3) is 3.55. The Bertz CT molecular complexity index is 1040. The Morgan fingerprint density at radius 2 is 1.82 bits per heavy atom. The average molecular weight is 380 g/mol. The summed E-state index contributed by atoms with van der Waals surface area (Å²) in [4.78, 5) is 29.3. The van der Waals surface area contributed by atoms with Crippen LogP contribution in [0.3, 0.4) is 0 Å². The monoisotopic (exact) mass is 380 g/mol. The SMILES string of the molecule is CCc1ccc(-c2cc3c(=O)n(CC(=O)N4CCN(C)CC4)ncn3n2)cc1. The lowest BCUT2D eigenvalue weighted by atomic mass is 10.1. The van der Waals surface area contributed by atoms with Gasteiger partial charge in [-0.2, -0.15) is 10.2 Å². The minimum absolute atomic E-state index is 0.0508. The van der Waals surface area contributed by atoms with Gasteiger partial charge in [0.2, 0.25) is 5.91 Å². The number of fused-ring (bicyclic) bond motifs is 1. The van der Waals surface area contributed by atoms with Crippen molar-refractivity contribution < 1.29 is 4.79 Å². The van der Waals surface area contributed by atoms with Crippen molar-refractivity contribution in [3.63, 3.8) is 0 Å². The van der Waals surface area contributed by atoms with Gasteiger partial charge >= 0.3 is 0 Å². The lowest BCUT2D eigenvalue weighted by Crippen LogP contribution is -2.48. The predicted octanol–water partition coefficient (Wildman–Crippen LogP) is 0.894. The summed E-state index contributed by atoms with van der Waals surface area (Å²) in [7, 11) is 2.04. The second-order valence-corrected chi connectivity index (χ2v) is 7.19. The molecular weight excluding hydrogens is 356 g/mol. The molecule has 0 N–H and O–H groups in total. The molecule has 0 bridgehead atoms. The Hall–Kier alpha value is -3.00. The second-order valence-electron chi connectivity index (χ2n) is 7.19. The number of benzene rings is 1. The summed E-state index contributed by atoms with van der Waals surface area (Å²) >= 11 is 0. The molecule has 2 aromatic heterocycles. The van der Waals surface area contributed by atoms with E-state index >= 15 is 0 Å². The molecule has 1 saturated heterocycles. The quantitative estimate of drug-likeness (QED) is 0.672. The number of aryl methyl sites for hydroxylation is 1. The fourth-order valence-corrected chi connectivity index (χ4v) is 3.39. The van der Waals surface area contributed by atoms with Gasteiger partial charge in [0, 0.05) is 31.7 Å². The minimum atomic E-state index is -0.311. The highest BCUT2D eigenvalue weighted by Gasteiger charge is 2.20. The van der Waals surface area contributed by atoms with Crippen molar-refractivity contribution in [3.05, 3.63) is 52.6 Å². The van der Waals surface area contributed by atoms with Crippen LogP contribution >= 0.6 is 0 Å². The minimum Gasteiger partial charge on any atom is -0.339 e. The van der Waals surface area contributed by atoms with Crippen LogP contribution in [0.15, 0.2) is 41.5 Å². The number of likely N-dealkylation sites (N-methyl/N-ethyl adjacent to an activating group) is 1. The van der Waals surface area contributed by atoms with Gasteiger partial charge in [0.25, 0.3) is 5.56 Å². The number of nitrogens with zero attached hydrogens (tertiary/aromatic N) is 6. The summed E-state index contributed by atoms with van der Waals surface area (Å²) in [6.07, 6.45) is 2.46. The molecule has 1 amide bonds. The summed E-state index contributed by atoms with van der Waals surface area (Å²) in [5.41, 5.74) is 3.01. The Balaban J connectivity index is 1.58. The van der Waals surface area contributed by atoms with E-state index in [2.05, 4.69) is 34.2 Å². The zero-order valence-corrected chi connectivity index (χ0v) is 16.2. The maximum atomic E-state index is 12.8. The van der Waals surface area contributed by atoms with Crippen LogP contribution in [-0.2, 0) is 17.8 Å². The van der Waals surface area contributed by atoms with Crippen molar-refractivity contribution in [2.24, 2.45) is 0 Å². The molecule has 3 aromatic rings. The van der Waals surface area contributed by atoms with Gasteiger partial charge in [0.15, 0.2) is 0 Å². The molecule has 8 nitrogen and oxygen atoms in total. The van der Waals surface area contributed by atoms with Crippen LogP contribution in [0.5, 0.6) is 0 Å². The van der Waals surface area contributed by atoms with E-state index in [1.165, 1.54) is 21.1 Å². The van der Waals surface area contributed by atoms with Gasteiger partial charge in [-0.1, -0.05) is 31.2 Å². The van der Waals surface area contributed by atoms with E-state index < -0.39 is 0 Å². The molecule has 146 valence electrons. The molecule has 1 aliphatic heterocycles. The first-order chi connectivity index (χ1) is 13.5. The summed E-state index contributed by atoms with van der Waals surface area (Å²) in [5, 5.41) is 8.59. The molecule has 0 unspecified atom stereocenters. The fourth-order valence-electron chi connectivity index (χ4n) is 3.39. The van der Waals surface area contributed by atoms with Crippen molar-refractivity contribution >= 4 is 11.4 Å². The first-order valence-electron chi connectivity index (χ1n) is 9.56. The van der Waals surface area contributed by atoms with Gasteiger partial charge in [0.05, 0.1) is 5.69 Å². The van der Waals surface area contributed by atoms with Gasteiger partial charge in [0.1, 0.15) is 18.4 Å². The van der Waals surface area contributed by atoms with E-state index in [0.29, 0.717) is 24.3 Å². The summed E-state index contributed by atoms with van der Waals surface area (Å²) in [5.74, 6) is -0.0815. The predicted molar refractivity (Wildman–Crippen MR) is 106 cm³/mol. The first-order valence-corrected chi connectivity index (χ1v) is 9.56. The first kappa shape index (κ1) is 18.4. The van der Waals surface area contributed by atoms with Crippen LogP contribution in [0.2, 0.25) is 0 Å². The fraction of sp³-hybridized carbons (Fsp3) is 0.400. The van der Waals surface area contributed by atoms with E-state index in [1.54, 1.807) is 11.0 Å². The highest BCUT2D eigenvalue weighted by molar-refractivity contribution is 5.76. The molecule has 1 aromatic carbocycles. The molecule has 0 spiro atoms. The number of carbonyl (C=O) groups excluding carboxylic acids is 1. The lowest BCUT2D eigenvalue weighted by Gasteiger charge is -2.32. The Kier molecular flexibility index (Phi) is 4.95. The molecule has 0 saturated carbocycles. The van der Waals surface area contributed by atoms with Gasteiger partial charge in [-0.3, -0.25) is 9.59 Å². The van der Waals surface area contributed by atoms with Gasteiger partial charge < -0.3 is 9.80 Å². The lowest BCUT2D eigenvalue weighted by molar-refractivity contribution is -0.133. The van der Waals surface area contributed by atoms with Crippen LogP contribution in [0.1, 0.15) is 12.5 Å². The molecule has 8 heteroatoms. The van der Waals surface area contributed by atoms with Crippen LogP contribution < -0.4 is 5.56 Å². The number of aromatic nitrogens is 4. The Morgan fingerprint density at radius 3 is 2.50 bits per heavy atom. The van der Waals surface area contributed by atoms with Gasteiger partial charge in [-0.05, 0) is 25.1 Å². The molecule has 4 rings (SSSR count). The molecule has 28 heavy (non-hydrogen) atoms. The molecule has 1 aliphatic rings. The normalized spacial score (nSPS) is 15.3. The maximum Gasteiger partial charge on any atom is 0.293 e. The number of hydrogen-bond donors (Lipinski definition) is 0. The molecule has 3 heterocycles. The van der Waals surface area contributed by atoms with E-state index in [9.17, 15) is 9.59 Å². The van der Waals surface area contributed by atoms with Crippen molar-refractivity contribution in [2.45, 2.75) is 19.9 Å². The number of carbonyl (C=O) groups is 1. The van der Waals surface area contributed by atoms with E-state index in [4.69, 9.17) is 0 Å². The van der Waals surface area contributed by atoms with Crippen LogP contribution in [0.25, 0.3) is 16.8 Å². The average Bonchev–Trinajstić information content (AvgIpc) is 3.16. The van der Waals surface area contributed by atoms with Crippen molar-refractivity contribution in [2.75, 3.05) is 33.2 Å². The highest BCUT2D eigenvalue weighted by atomic mass is 16.2. The van der Waals surface area contributed by atoms with Gasteiger partial charge in [-0.15, -0.1) is 0 Å². The van der Waals surface area contributed by atoms with Crippen LogP contribution in [-0.4, -0.2) is 68.3 Å². The van der Waals surface area contributed by atoms with Crippen LogP contribution in [0.4, 0.5) is 0 Å². The number of hydrogen-bond acceptors (Lipinski definition) is 5. The standard InChI is InChI=1S/C20H24N6O2/c1-3-15-4-6-16(7-5-15)17-12-18-20(28)25(21-14-26(18)22-17)13-19(27)24-10-8-23(2)9-11-24/h4-7,12,14H,3,8-11,13H2,1-2H3. The Labute approximate surface area is 163 Å². The molecule has 1 fully saturated rings. The van der Waals surface area contributed by atoms with Crippen molar-refractivity contribution in [1.82, 2.24) is 29.2 Å². The summed E-state index contributed by atoms with van der Waals surface area (Å²) in [6.45, 7) is 5.10. The van der Waals surface area contributed by atoms with E-state index in [1.807, 2.05) is 19.2 Å². The molecule has 0 aliphatic carbocycles. The van der Waals surface area contributed by atoms with E-state index in [-0.39, 0.29) is 18.0 Å². The van der Waals surface area contributed by atoms with Gasteiger partial charge in [-0.25, -0.2) is 9.20 Å². The van der Waals surface area contributed by atoms with Crippen molar-refractivity contribution in [1.29, 1.82) is 0 Å². The zero-order valence-electron chi connectivity index (χ0n) is 16.2. The molecule has 0 radical (unpaired) electrons. The maximum absolute atomic E-state index is 12.8. The largest absolute Gasteiger partial charge is 0.339 e. The molecular formula is C20H24N6O2. The number of rotatable bonds is 4. The highest BCUT2D eigenvalue weighted by Crippen LogP contribution is 2.19. The molecule has 0 atom stereocenters. The van der Waals surface area contributed by atoms with Crippen molar-refractivity contribution in [3.8, 4) is 11.3 Å². The zero-order chi connectivity index (χ0) is 19.7. The third-order valence-electron chi connectivity index (χ3n) is 5.29. The number of amides is 1. The second kappa shape index (κ2) is 7.55. The third-order valence-corrected chi connectivity index (χ3v) is 5.29. The topological polar surface area (TPSA) is 75.7 Å².